The van der Waals surface area contributed by atoms with Gasteiger partial charge in [-0.05, 0) is 34.7 Å². The highest BCUT2D eigenvalue weighted by atomic mass is 32.1. The molecule has 2 rings (SSSR count). The number of hydrogen-bond acceptors (Lipinski definition) is 3. The number of nitrogens with zero attached hydrogens (tertiary/aromatic N) is 1. The standard InChI is InChI=1S/C13H18N2O2S/c1-9-5-11(9)13(17)14-6-12(16)15(2)7-10-3-4-18-8-10/h3-4,8-9,11H,5-7H2,1-2H3,(H,14,17). The van der Waals surface area contributed by atoms with Crippen LogP contribution in [0.4, 0.5) is 0 Å². The van der Waals surface area contributed by atoms with Gasteiger partial charge in [-0.3, -0.25) is 9.59 Å². The van der Waals surface area contributed by atoms with Crippen molar-refractivity contribution in [2.45, 2.75) is 19.9 Å². The average Bonchev–Trinajstić information content (AvgIpc) is 2.86. The normalized spacial score (nSPS) is 21.4. The predicted molar refractivity (Wildman–Crippen MR) is 71.1 cm³/mol. The van der Waals surface area contributed by atoms with Crippen molar-refractivity contribution in [2.75, 3.05) is 13.6 Å². The van der Waals surface area contributed by atoms with E-state index < -0.39 is 0 Å². The predicted octanol–water partition coefficient (Wildman–Crippen LogP) is 1.48. The van der Waals surface area contributed by atoms with Crippen LogP contribution in [-0.4, -0.2) is 30.3 Å². The maximum Gasteiger partial charge on any atom is 0.242 e. The SMILES string of the molecule is CC1CC1C(=O)NCC(=O)N(C)Cc1ccsc1. The van der Waals surface area contributed by atoms with Crippen molar-refractivity contribution in [1.29, 1.82) is 0 Å². The lowest BCUT2D eigenvalue weighted by Crippen LogP contribution is -2.38. The third kappa shape index (κ3) is 3.32. The van der Waals surface area contributed by atoms with E-state index in [4.69, 9.17) is 0 Å². The third-order valence-electron chi connectivity index (χ3n) is 3.29. The number of carbonyl (C=O) groups excluding carboxylic acids is 2. The summed E-state index contributed by atoms with van der Waals surface area (Å²) in [5.41, 5.74) is 1.12. The summed E-state index contributed by atoms with van der Waals surface area (Å²) in [6.45, 7) is 2.75. The molecule has 0 bridgehead atoms. The van der Waals surface area contributed by atoms with E-state index in [9.17, 15) is 9.59 Å². The molecule has 2 atom stereocenters. The minimum absolute atomic E-state index is 0.0137. The van der Waals surface area contributed by atoms with E-state index in [0.717, 1.165) is 12.0 Å². The third-order valence-corrected chi connectivity index (χ3v) is 4.02. The van der Waals surface area contributed by atoms with Crippen LogP contribution in [0.3, 0.4) is 0 Å². The van der Waals surface area contributed by atoms with Gasteiger partial charge in [-0.25, -0.2) is 0 Å². The molecular weight excluding hydrogens is 248 g/mol. The maximum absolute atomic E-state index is 11.8. The quantitative estimate of drug-likeness (QED) is 0.877. The van der Waals surface area contributed by atoms with Crippen molar-refractivity contribution in [3.8, 4) is 0 Å². The number of rotatable bonds is 5. The highest BCUT2D eigenvalue weighted by Gasteiger charge is 2.39. The van der Waals surface area contributed by atoms with Crippen LogP contribution in [0, 0.1) is 11.8 Å². The Labute approximate surface area is 111 Å². The Morgan fingerprint density at radius 1 is 1.56 bits per heavy atom. The zero-order valence-electron chi connectivity index (χ0n) is 10.7. The molecule has 1 aliphatic rings. The maximum atomic E-state index is 11.8. The van der Waals surface area contributed by atoms with Gasteiger partial charge in [0, 0.05) is 19.5 Å². The smallest absolute Gasteiger partial charge is 0.242 e. The molecule has 4 nitrogen and oxygen atoms in total. The molecule has 1 aromatic rings. The van der Waals surface area contributed by atoms with E-state index in [2.05, 4.69) is 12.2 Å². The van der Waals surface area contributed by atoms with E-state index >= 15 is 0 Å². The van der Waals surface area contributed by atoms with Crippen LogP contribution in [0.1, 0.15) is 18.9 Å². The van der Waals surface area contributed by atoms with Crippen LogP contribution < -0.4 is 5.32 Å². The summed E-state index contributed by atoms with van der Waals surface area (Å²) in [4.78, 5) is 25.0. The number of likely N-dealkylation sites (N-methyl/N-ethyl adjacent to an activating group) is 1. The largest absolute Gasteiger partial charge is 0.347 e. The van der Waals surface area contributed by atoms with E-state index in [0.29, 0.717) is 12.5 Å². The average molecular weight is 266 g/mol. The van der Waals surface area contributed by atoms with Gasteiger partial charge in [-0.1, -0.05) is 6.92 Å². The Morgan fingerprint density at radius 3 is 2.83 bits per heavy atom. The Kier molecular flexibility index (Phi) is 4.01. The molecule has 98 valence electrons. The van der Waals surface area contributed by atoms with Gasteiger partial charge < -0.3 is 10.2 Å². The van der Waals surface area contributed by atoms with Gasteiger partial charge in [0.2, 0.25) is 11.8 Å². The van der Waals surface area contributed by atoms with Crippen LogP contribution in [0.15, 0.2) is 16.8 Å². The van der Waals surface area contributed by atoms with Gasteiger partial charge in [0.15, 0.2) is 0 Å². The lowest BCUT2D eigenvalue weighted by atomic mass is 10.3. The fourth-order valence-corrected chi connectivity index (χ4v) is 2.52. The molecule has 0 aliphatic heterocycles. The van der Waals surface area contributed by atoms with Crippen molar-refractivity contribution in [3.05, 3.63) is 22.4 Å². The summed E-state index contributed by atoms with van der Waals surface area (Å²) in [6.07, 6.45) is 0.949. The molecule has 1 fully saturated rings. The first-order valence-corrected chi connectivity index (χ1v) is 7.05. The number of carbonyl (C=O) groups is 2. The van der Waals surface area contributed by atoms with Crippen molar-refractivity contribution in [1.82, 2.24) is 10.2 Å². The molecule has 18 heavy (non-hydrogen) atoms. The number of hydrogen-bond donors (Lipinski definition) is 1. The van der Waals surface area contributed by atoms with Crippen LogP contribution in [0.25, 0.3) is 0 Å². The lowest BCUT2D eigenvalue weighted by molar-refractivity contribution is -0.132. The van der Waals surface area contributed by atoms with Gasteiger partial charge >= 0.3 is 0 Å². The van der Waals surface area contributed by atoms with Crippen molar-refractivity contribution in [3.63, 3.8) is 0 Å². The van der Waals surface area contributed by atoms with Gasteiger partial charge in [-0.15, -0.1) is 0 Å². The van der Waals surface area contributed by atoms with Crippen LogP contribution in [0.2, 0.25) is 0 Å². The summed E-state index contributed by atoms with van der Waals surface area (Å²) in [5, 5.41) is 6.72. The Hall–Kier alpha value is -1.36. The number of amides is 2. The minimum Gasteiger partial charge on any atom is -0.347 e. The Balaban J connectivity index is 1.72. The highest BCUT2D eigenvalue weighted by molar-refractivity contribution is 7.07. The molecule has 1 heterocycles. The van der Waals surface area contributed by atoms with Crippen molar-refractivity contribution in [2.24, 2.45) is 11.8 Å². The molecule has 2 amide bonds. The summed E-state index contributed by atoms with van der Waals surface area (Å²) in [5.74, 6) is 0.561. The van der Waals surface area contributed by atoms with Crippen molar-refractivity contribution < 1.29 is 9.59 Å². The first kappa shape index (κ1) is 13.1. The van der Waals surface area contributed by atoms with Gasteiger partial charge in [0.1, 0.15) is 0 Å². The van der Waals surface area contributed by atoms with Crippen LogP contribution >= 0.6 is 11.3 Å². The molecule has 1 aromatic heterocycles. The second kappa shape index (κ2) is 5.52. The molecule has 5 heteroatoms. The fraction of sp³-hybridized carbons (Fsp3) is 0.538. The van der Waals surface area contributed by atoms with Gasteiger partial charge in [0.25, 0.3) is 0 Å². The second-order valence-corrected chi connectivity index (χ2v) is 5.70. The Morgan fingerprint density at radius 2 is 2.28 bits per heavy atom. The number of thiophene rings is 1. The van der Waals surface area contributed by atoms with Gasteiger partial charge in [0.05, 0.1) is 6.54 Å². The first-order chi connectivity index (χ1) is 8.58. The minimum atomic E-state index is -0.0529. The molecule has 1 saturated carbocycles. The molecule has 0 saturated heterocycles. The molecule has 1 N–H and O–H groups in total. The van der Waals surface area contributed by atoms with Crippen LogP contribution in [-0.2, 0) is 16.1 Å². The summed E-state index contributed by atoms with van der Waals surface area (Å²) >= 11 is 1.62. The lowest BCUT2D eigenvalue weighted by Gasteiger charge is -2.16. The molecule has 0 aromatic carbocycles. The van der Waals surface area contributed by atoms with E-state index in [1.54, 1.807) is 23.3 Å². The van der Waals surface area contributed by atoms with Gasteiger partial charge in [-0.2, -0.15) is 11.3 Å². The monoisotopic (exact) mass is 266 g/mol. The van der Waals surface area contributed by atoms with E-state index in [-0.39, 0.29) is 24.3 Å². The molecule has 1 aliphatic carbocycles. The number of nitrogens with one attached hydrogen (secondary N) is 1. The fourth-order valence-electron chi connectivity index (χ4n) is 1.86. The topological polar surface area (TPSA) is 49.4 Å². The van der Waals surface area contributed by atoms with Crippen molar-refractivity contribution >= 4 is 23.2 Å². The molecular formula is C13H18N2O2S. The second-order valence-electron chi connectivity index (χ2n) is 4.92. The van der Waals surface area contributed by atoms with E-state index in [1.165, 1.54) is 0 Å². The zero-order chi connectivity index (χ0) is 13.1. The summed E-state index contributed by atoms with van der Waals surface area (Å²) in [6, 6.07) is 2.00. The summed E-state index contributed by atoms with van der Waals surface area (Å²) < 4.78 is 0. The molecule has 2 unspecified atom stereocenters. The summed E-state index contributed by atoms with van der Waals surface area (Å²) in [7, 11) is 1.76. The van der Waals surface area contributed by atoms with E-state index in [1.807, 2.05) is 16.8 Å². The highest BCUT2D eigenvalue weighted by Crippen LogP contribution is 2.37. The molecule has 0 spiro atoms. The first-order valence-electron chi connectivity index (χ1n) is 6.10. The zero-order valence-corrected chi connectivity index (χ0v) is 11.5. The van der Waals surface area contributed by atoms with Crippen LogP contribution in [0.5, 0.6) is 0 Å². The Bertz CT molecular complexity index is 430. The molecule has 0 radical (unpaired) electrons.